The number of hydrogen-bond acceptors (Lipinski definition) is 2. The molecule has 18 heavy (non-hydrogen) atoms. The van der Waals surface area contributed by atoms with Crippen LogP contribution in [0.2, 0.25) is 0 Å². The fourth-order valence-electron chi connectivity index (χ4n) is 2.42. The van der Waals surface area contributed by atoms with Crippen LogP contribution in [-0.2, 0) is 6.54 Å². The highest BCUT2D eigenvalue weighted by molar-refractivity contribution is 6.08. The third kappa shape index (κ3) is 1.94. The van der Waals surface area contributed by atoms with Crippen molar-refractivity contribution in [1.29, 1.82) is 0 Å². The maximum absolute atomic E-state index is 8.80. The molecule has 0 aliphatic heterocycles. The van der Waals surface area contributed by atoms with E-state index < -0.39 is 0 Å². The lowest BCUT2D eigenvalue weighted by Gasteiger charge is -2.06. The van der Waals surface area contributed by atoms with Gasteiger partial charge in [-0.2, -0.15) is 0 Å². The zero-order valence-electron chi connectivity index (χ0n) is 10.2. The minimum atomic E-state index is 0.167. The van der Waals surface area contributed by atoms with E-state index in [1.54, 1.807) is 0 Å². The van der Waals surface area contributed by atoms with Crippen LogP contribution in [-0.4, -0.2) is 15.6 Å². The maximum atomic E-state index is 8.80. The average molecular weight is 243 g/mol. The summed E-state index contributed by atoms with van der Waals surface area (Å²) in [5.41, 5.74) is 7.64. The van der Waals surface area contributed by atoms with Gasteiger partial charge >= 0.3 is 0 Å². The molecule has 3 N–H and O–H groups in total. The predicted molar refractivity (Wildman–Crippen MR) is 71.8 cm³/mol. The van der Waals surface area contributed by atoms with Gasteiger partial charge in [0.1, 0.15) is 0 Å². The smallest absolute Gasteiger partial charge is 0.170 e. The third-order valence-electron chi connectivity index (χ3n) is 3.67. The van der Waals surface area contributed by atoms with Crippen LogP contribution in [0.3, 0.4) is 0 Å². The van der Waals surface area contributed by atoms with E-state index in [9.17, 15) is 0 Å². The molecule has 1 saturated carbocycles. The molecule has 4 nitrogen and oxygen atoms in total. The summed E-state index contributed by atoms with van der Waals surface area (Å²) in [5, 5.41) is 12.9. The predicted octanol–water partition coefficient (Wildman–Crippen LogP) is 2.54. The quantitative estimate of drug-likeness (QED) is 0.375. The molecule has 1 aromatic carbocycles. The minimum Gasteiger partial charge on any atom is -0.409 e. The normalized spacial score (nSPS) is 16.3. The largest absolute Gasteiger partial charge is 0.409 e. The molecule has 1 heterocycles. The number of amidine groups is 1. The van der Waals surface area contributed by atoms with Gasteiger partial charge in [-0.1, -0.05) is 30.1 Å². The lowest BCUT2D eigenvalue weighted by atomic mass is 10.1. The van der Waals surface area contributed by atoms with Crippen molar-refractivity contribution in [2.24, 2.45) is 16.8 Å². The number of nitrogens with two attached hydrogens (primary N) is 1. The molecule has 0 saturated heterocycles. The molecule has 1 aliphatic rings. The van der Waals surface area contributed by atoms with Crippen molar-refractivity contribution < 1.29 is 5.21 Å². The Labute approximate surface area is 106 Å². The van der Waals surface area contributed by atoms with Crippen LogP contribution >= 0.6 is 0 Å². The zero-order valence-corrected chi connectivity index (χ0v) is 10.2. The van der Waals surface area contributed by atoms with E-state index >= 15 is 0 Å². The second-order valence-corrected chi connectivity index (χ2v) is 4.96. The van der Waals surface area contributed by atoms with Gasteiger partial charge in [-0.05, 0) is 24.5 Å². The van der Waals surface area contributed by atoms with E-state index in [2.05, 4.69) is 22.0 Å². The molecular weight excluding hydrogens is 226 g/mol. The molecule has 0 spiro atoms. The van der Waals surface area contributed by atoms with E-state index in [-0.39, 0.29) is 5.84 Å². The highest BCUT2D eigenvalue weighted by atomic mass is 16.4. The third-order valence-corrected chi connectivity index (χ3v) is 3.67. The van der Waals surface area contributed by atoms with Gasteiger partial charge in [0, 0.05) is 29.2 Å². The first-order valence-electron chi connectivity index (χ1n) is 6.35. The van der Waals surface area contributed by atoms with Gasteiger partial charge < -0.3 is 15.5 Å². The Kier molecular flexibility index (Phi) is 2.70. The minimum absolute atomic E-state index is 0.167. The second kappa shape index (κ2) is 4.37. The summed E-state index contributed by atoms with van der Waals surface area (Å²) in [6.45, 7) is 1.05. The van der Waals surface area contributed by atoms with Gasteiger partial charge in [0.25, 0.3) is 0 Å². The number of hydrogen-bond donors (Lipinski definition) is 2. The molecule has 3 rings (SSSR count). The van der Waals surface area contributed by atoms with Crippen LogP contribution < -0.4 is 5.73 Å². The molecule has 0 radical (unpaired) electrons. The maximum Gasteiger partial charge on any atom is 0.170 e. The Hall–Kier alpha value is -1.97. The Morgan fingerprint density at radius 2 is 2.22 bits per heavy atom. The Morgan fingerprint density at radius 3 is 2.94 bits per heavy atom. The monoisotopic (exact) mass is 243 g/mol. The van der Waals surface area contributed by atoms with Gasteiger partial charge in [-0.15, -0.1) is 0 Å². The Balaban J connectivity index is 1.97. The van der Waals surface area contributed by atoms with Crippen LogP contribution in [0.4, 0.5) is 0 Å². The lowest BCUT2D eigenvalue weighted by molar-refractivity contribution is 0.318. The SMILES string of the molecule is N/C(=N/O)c1cccc2c1ccn2CCC1CC1. The summed E-state index contributed by atoms with van der Waals surface area (Å²) in [6, 6.07) is 7.94. The van der Waals surface area contributed by atoms with Crippen molar-refractivity contribution in [2.75, 3.05) is 0 Å². The molecular formula is C14H17N3O. The topological polar surface area (TPSA) is 63.5 Å². The summed E-state index contributed by atoms with van der Waals surface area (Å²) in [4.78, 5) is 0. The fraction of sp³-hybridized carbons (Fsp3) is 0.357. The van der Waals surface area contributed by atoms with E-state index in [0.29, 0.717) is 0 Å². The first-order valence-corrected chi connectivity index (χ1v) is 6.35. The zero-order chi connectivity index (χ0) is 12.5. The molecule has 94 valence electrons. The number of aromatic nitrogens is 1. The van der Waals surface area contributed by atoms with E-state index in [0.717, 1.165) is 28.9 Å². The number of nitrogens with zero attached hydrogens (tertiary/aromatic N) is 2. The molecule has 1 aromatic heterocycles. The molecule has 0 atom stereocenters. The molecule has 2 aromatic rings. The van der Waals surface area contributed by atoms with Crippen LogP contribution in [0.5, 0.6) is 0 Å². The summed E-state index contributed by atoms with van der Waals surface area (Å²) in [7, 11) is 0. The highest BCUT2D eigenvalue weighted by Crippen LogP contribution is 2.33. The summed E-state index contributed by atoms with van der Waals surface area (Å²) in [6.07, 6.45) is 6.10. The van der Waals surface area contributed by atoms with Gasteiger partial charge in [0.05, 0.1) is 0 Å². The van der Waals surface area contributed by atoms with Crippen molar-refractivity contribution in [3.63, 3.8) is 0 Å². The number of oxime groups is 1. The average Bonchev–Trinajstić information content (AvgIpc) is 3.14. The molecule has 4 heteroatoms. The van der Waals surface area contributed by atoms with Crippen LogP contribution in [0.1, 0.15) is 24.8 Å². The number of aryl methyl sites for hydroxylation is 1. The van der Waals surface area contributed by atoms with E-state index in [4.69, 9.17) is 10.9 Å². The second-order valence-electron chi connectivity index (χ2n) is 4.96. The highest BCUT2D eigenvalue weighted by Gasteiger charge is 2.20. The van der Waals surface area contributed by atoms with Crippen molar-refractivity contribution in [3.8, 4) is 0 Å². The van der Waals surface area contributed by atoms with E-state index in [1.165, 1.54) is 19.3 Å². The van der Waals surface area contributed by atoms with Crippen LogP contribution in [0.25, 0.3) is 10.9 Å². The first-order chi connectivity index (χ1) is 8.79. The summed E-state index contributed by atoms with van der Waals surface area (Å²) < 4.78 is 2.25. The molecule has 1 aliphatic carbocycles. The standard InChI is InChI=1S/C14H17N3O/c15-14(16-18)12-2-1-3-13-11(12)7-9-17(13)8-6-10-4-5-10/h1-3,7,9-10,18H,4-6,8H2,(H2,15,16). The van der Waals surface area contributed by atoms with Crippen molar-refractivity contribution >= 4 is 16.7 Å². The lowest BCUT2D eigenvalue weighted by Crippen LogP contribution is -2.13. The fourth-order valence-corrected chi connectivity index (χ4v) is 2.42. The molecule has 1 fully saturated rings. The van der Waals surface area contributed by atoms with Gasteiger partial charge in [0.15, 0.2) is 5.84 Å². The van der Waals surface area contributed by atoms with Gasteiger partial charge in [-0.25, -0.2) is 0 Å². The first kappa shape index (κ1) is 11.1. The van der Waals surface area contributed by atoms with Gasteiger partial charge in [-0.3, -0.25) is 0 Å². The van der Waals surface area contributed by atoms with Crippen LogP contribution in [0.15, 0.2) is 35.6 Å². The molecule has 0 bridgehead atoms. The number of fused-ring (bicyclic) bond motifs is 1. The summed E-state index contributed by atoms with van der Waals surface area (Å²) >= 11 is 0. The van der Waals surface area contributed by atoms with Crippen molar-refractivity contribution in [1.82, 2.24) is 4.57 Å². The van der Waals surface area contributed by atoms with Crippen LogP contribution in [0, 0.1) is 5.92 Å². The number of benzene rings is 1. The Bertz CT molecular complexity index is 596. The molecule has 0 unspecified atom stereocenters. The summed E-state index contributed by atoms with van der Waals surface area (Å²) in [5.74, 6) is 1.09. The van der Waals surface area contributed by atoms with Crippen molar-refractivity contribution in [2.45, 2.75) is 25.8 Å². The number of rotatable bonds is 4. The van der Waals surface area contributed by atoms with Crippen molar-refractivity contribution in [3.05, 3.63) is 36.0 Å². The van der Waals surface area contributed by atoms with E-state index in [1.807, 2.05) is 18.2 Å². The van der Waals surface area contributed by atoms with Gasteiger partial charge in [0.2, 0.25) is 0 Å². The Morgan fingerprint density at radius 1 is 1.39 bits per heavy atom. The molecule has 0 amide bonds.